The quantitative estimate of drug-likeness (QED) is 0.223. The molecule has 0 aliphatic carbocycles. The maximum absolute atomic E-state index is 10.3. The molecule has 6 nitrogen and oxygen atoms in total. The zero-order chi connectivity index (χ0) is 22.1. The largest absolute Gasteiger partial charge is 0.507 e. The highest BCUT2D eigenvalue weighted by Gasteiger charge is 2.15. The lowest BCUT2D eigenvalue weighted by Gasteiger charge is -2.09. The number of phenolic OH excluding ortho intramolecular Hbond substituents is 3. The van der Waals surface area contributed by atoms with Crippen molar-refractivity contribution in [2.75, 3.05) is 5.75 Å². The Morgan fingerprint density at radius 1 is 0.774 bits per heavy atom. The molecule has 7 heteroatoms. The van der Waals surface area contributed by atoms with Gasteiger partial charge in [0.15, 0.2) is 0 Å². The Kier molecular flexibility index (Phi) is 7.61. The van der Waals surface area contributed by atoms with Crippen LogP contribution in [0, 0.1) is 0 Å². The smallest absolute Gasteiger partial charge is 0.209 e. The van der Waals surface area contributed by atoms with Gasteiger partial charge >= 0.3 is 0 Å². The fourth-order valence-electron chi connectivity index (χ4n) is 2.64. The van der Waals surface area contributed by atoms with Gasteiger partial charge in [0.2, 0.25) is 5.17 Å². The van der Waals surface area contributed by atoms with Crippen molar-refractivity contribution in [1.82, 2.24) is 0 Å². The first-order chi connectivity index (χ1) is 15.1. The van der Waals surface area contributed by atoms with Crippen LogP contribution in [0.15, 0.2) is 101 Å². The monoisotopic (exact) mass is 431 g/mol. The molecule has 0 fully saturated rings. The Hall–Kier alpha value is -3.84. The van der Waals surface area contributed by atoms with Crippen LogP contribution in [0.5, 0.6) is 17.2 Å². The molecule has 0 radical (unpaired) electrons. The minimum Gasteiger partial charge on any atom is -0.507 e. The van der Waals surface area contributed by atoms with Gasteiger partial charge in [0.25, 0.3) is 0 Å². The second-order valence-corrected chi connectivity index (χ2v) is 7.27. The van der Waals surface area contributed by atoms with Crippen LogP contribution in [0.4, 0.5) is 0 Å². The molecule has 0 unspecified atom stereocenters. The number of nitrogens with zero attached hydrogens (tertiary/aromatic N) is 3. The fourth-order valence-corrected chi connectivity index (χ4v) is 3.13. The molecule has 0 heterocycles. The standard InChI is InChI=1S/C24H21N3O3S/c1-2-15-31-24(25-16-17-9-3-6-12-20(17)28)27-26-23(18-10-4-7-13-21(18)29)19-11-5-8-14-22(19)30/h2-14,16,28-30H,1,15H2/b25-16+,27-24+. The zero-order valence-electron chi connectivity index (χ0n) is 16.6. The predicted octanol–water partition coefficient (Wildman–Crippen LogP) is 4.95. The third-order valence-corrected chi connectivity index (χ3v) is 4.98. The Morgan fingerprint density at radius 3 is 1.87 bits per heavy atom. The molecule has 0 saturated heterocycles. The second-order valence-electron chi connectivity index (χ2n) is 6.28. The van der Waals surface area contributed by atoms with Crippen molar-refractivity contribution in [2.45, 2.75) is 0 Å². The van der Waals surface area contributed by atoms with Crippen LogP contribution < -0.4 is 0 Å². The van der Waals surface area contributed by atoms with E-state index in [2.05, 4.69) is 21.8 Å². The predicted molar refractivity (Wildman–Crippen MR) is 128 cm³/mol. The summed E-state index contributed by atoms with van der Waals surface area (Å²) < 4.78 is 0. The Balaban J connectivity index is 2.07. The van der Waals surface area contributed by atoms with Gasteiger partial charge < -0.3 is 15.3 Å². The van der Waals surface area contributed by atoms with E-state index < -0.39 is 0 Å². The highest BCUT2D eigenvalue weighted by molar-refractivity contribution is 8.14. The molecule has 0 aromatic heterocycles. The molecule has 0 amide bonds. The third kappa shape index (κ3) is 5.83. The van der Waals surface area contributed by atoms with Crippen LogP contribution in [-0.2, 0) is 0 Å². The van der Waals surface area contributed by atoms with E-state index >= 15 is 0 Å². The van der Waals surface area contributed by atoms with Crippen LogP contribution in [0.1, 0.15) is 16.7 Å². The molecular formula is C24H21N3O3S. The summed E-state index contributed by atoms with van der Waals surface area (Å²) >= 11 is 1.31. The molecule has 0 spiro atoms. The lowest BCUT2D eigenvalue weighted by atomic mass is 10.0. The number of aromatic hydroxyl groups is 3. The number of phenols is 3. The molecule has 0 atom stereocenters. The van der Waals surface area contributed by atoms with Gasteiger partial charge in [-0.3, -0.25) is 0 Å². The van der Waals surface area contributed by atoms with Crippen LogP contribution in [0.2, 0.25) is 0 Å². The summed E-state index contributed by atoms with van der Waals surface area (Å²) in [6.07, 6.45) is 3.21. The maximum Gasteiger partial charge on any atom is 0.209 e. The average Bonchev–Trinajstić information content (AvgIpc) is 2.78. The highest BCUT2D eigenvalue weighted by atomic mass is 32.2. The lowest BCUT2D eigenvalue weighted by molar-refractivity contribution is 0.472. The minimum absolute atomic E-state index is 0.0118. The number of amidine groups is 1. The maximum atomic E-state index is 10.3. The Morgan fingerprint density at radius 2 is 1.32 bits per heavy atom. The molecular weight excluding hydrogens is 410 g/mol. The Bertz CT molecular complexity index is 1110. The third-order valence-electron chi connectivity index (χ3n) is 4.14. The molecule has 156 valence electrons. The summed E-state index contributed by atoms with van der Waals surface area (Å²) in [6.45, 7) is 3.71. The van der Waals surface area contributed by atoms with Gasteiger partial charge in [-0.1, -0.05) is 54.2 Å². The molecule has 3 aromatic rings. The van der Waals surface area contributed by atoms with Crippen molar-refractivity contribution in [2.24, 2.45) is 15.2 Å². The number of hydrogen-bond acceptors (Lipinski definition) is 6. The SMILES string of the molecule is C=CCSC(/N=C/c1ccccc1O)=N/N=C(c1ccccc1O)c1ccccc1O. The molecule has 3 rings (SSSR count). The van der Waals surface area contributed by atoms with Crippen LogP contribution >= 0.6 is 11.8 Å². The first kappa shape index (κ1) is 21.9. The minimum atomic E-state index is 0.0118. The number of para-hydroxylation sites is 3. The summed E-state index contributed by atoms with van der Waals surface area (Å²) in [5, 5.41) is 39.5. The number of rotatable bonds is 6. The van der Waals surface area contributed by atoms with E-state index in [-0.39, 0.29) is 17.2 Å². The van der Waals surface area contributed by atoms with Gasteiger partial charge in [-0.2, -0.15) is 0 Å². The van der Waals surface area contributed by atoms with E-state index in [9.17, 15) is 15.3 Å². The van der Waals surface area contributed by atoms with E-state index in [1.54, 1.807) is 66.7 Å². The van der Waals surface area contributed by atoms with E-state index in [4.69, 9.17) is 0 Å². The molecule has 3 N–H and O–H groups in total. The average molecular weight is 432 g/mol. The number of aliphatic imine (C=N–C) groups is 1. The van der Waals surface area contributed by atoms with Gasteiger partial charge in [0.05, 0.1) is 0 Å². The van der Waals surface area contributed by atoms with Crippen LogP contribution in [-0.4, -0.2) is 38.2 Å². The van der Waals surface area contributed by atoms with Gasteiger partial charge in [0, 0.05) is 28.7 Å². The van der Waals surface area contributed by atoms with E-state index in [1.165, 1.54) is 30.1 Å². The summed E-state index contributed by atoms with van der Waals surface area (Å²) in [5.74, 6) is 0.678. The summed E-state index contributed by atoms with van der Waals surface area (Å²) in [7, 11) is 0. The molecule has 31 heavy (non-hydrogen) atoms. The molecule has 0 bridgehead atoms. The number of benzene rings is 3. The van der Waals surface area contributed by atoms with Crippen LogP contribution in [0.3, 0.4) is 0 Å². The Labute approximate surface area is 184 Å². The molecule has 0 aliphatic heterocycles. The molecule has 3 aromatic carbocycles. The normalized spacial score (nSPS) is 11.4. The van der Waals surface area contributed by atoms with Gasteiger partial charge in [0.1, 0.15) is 23.0 Å². The summed E-state index contributed by atoms with van der Waals surface area (Å²) in [5.41, 5.74) is 1.68. The van der Waals surface area contributed by atoms with Gasteiger partial charge in [-0.15, -0.1) is 16.8 Å². The van der Waals surface area contributed by atoms with Crippen molar-refractivity contribution in [1.29, 1.82) is 0 Å². The van der Waals surface area contributed by atoms with Crippen LogP contribution in [0.25, 0.3) is 0 Å². The van der Waals surface area contributed by atoms with E-state index in [0.717, 1.165) is 0 Å². The van der Waals surface area contributed by atoms with Crippen molar-refractivity contribution in [3.8, 4) is 17.2 Å². The summed E-state index contributed by atoms with van der Waals surface area (Å²) in [6, 6.07) is 20.2. The first-order valence-corrected chi connectivity index (χ1v) is 10.4. The first-order valence-electron chi connectivity index (χ1n) is 9.38. The molecule has 0 aliphatic rings. The topological polar surface area (TPSA) is 97.8 Å². The lowest BCUT2D eigenvalue weighted by Crippen LogP contribution is -2.04. The molecule has 0 saturated carbocycles. The van der Waals surface area contributed by atoms with Gasteiger partial charge in [-0.05, 0) is 36.4 Å². The van der Waals surface area contributed by atoms with E-state index in [0.29, 0.717) is 33.3 Å². The van der Waals surface area contributed by atoms with Gasteiger partial charge in [-0.25, -0.2) is 4.99 Å². The highest BCUT2D eigenvalue weighted by Crippen LogP contribution is 2.26. The number of hydrogen-bond donors (Lipinski definition) is 3. The second kappa shape index (κ2) is 10.8. The summed E-state index contributed by atoms with van der Waals surface area (Å²) in [4.78, 5) is 4.34. The van der Waals surface area contributed by atoms with Crippen molar-refractivity contribution < 1.29 is 15.3 Å². The van der Waals surface area contributed by atoms with E-state index in [1.807, 2.05) is 0 Å². The van der Waals surface area contributed by atoms with Crippen molar-refractivity contribution in [3.63, 3.8) is 0 Å². The van der Waals surface area contributed by atoms with Crippen molar-refractivity contribution >= 4 is 28.9 Å². The van der Waals surface area contributed by atoms with Crippen molar-refractivity contribution in [3.05, 3.63) is 102 Å². The number of thioether (sulfide) groups is 1. The fraction of sp³-hybridized carbons (Fsp3) is 0.0417. The zero-order valence-corrected chi connectivity index (χ0v) is 17.4.